The van der Waals surface area contributed by atoms with Gasteiger partial charge < -0.3 is 5.73 Å². The van der Waals surface area contributed by atoms with E-state index in [0.717, 1.165) is 4.68 Å². The van der Waals surface area contributed by atoms with E-state index in [0.29, 0.717) is 15.9 Å². The summed E-state index contributed by atoms with van der Waals surface area (Å²) in [4.78, 5) is 24.7. The highest BCUT2D eigenvalue weighted by Gasteiger charge is 2.21. The number of Topliss-reactive ketones (excluding diaryl/α,β-unsaturated/α-hetero) is 1. The standard InChI is InChI=1S/C16H11Cl2N3O2/c17-9-5-6-10(12(18)7-9)16(23)21-13-4-2-1-3-11(13)15(20-21)14(22)8-19/h1-7H,8,19H2. The Balaban J connectivity index is 2.20. The van der Waals surface area contributed by atoms with Crippen LogP contribution in [0.4, 0.5) is 0 Å². The number of hydrogen-bond acceptors (Lipinski definition) is 4. The van der Waals surface area contributed by atoms with Gasteiger partial charge in [0.1, 0.15) is 5.69 Å². The van der Waals surface area contributed by atoms with Crippen LogP contribution in [0.25, 0.3) is 10.9 Å². The van der Waals surface area contributed by atoms with E-state index in [9.17, 15) is 9.59 Å². The van der Waals surface area contributed by atoms with E-state index >= 15 is 0 Å². The number of hydrogen-bond donors (Lipinski definition) is 1. The molecule has 0 amide bonds. The van der Waals surface area contributed by atoms with Crippen molar-refractivity contribution in [2.24, 2.45) is 5.73 Å². The Morgan fingerprint density at radius 3 is 2.57 bits per heavy atom. The van der Waals surface area contributed by atoms with Crippen molar-refractivity contribution in [2.45, 2.75) is 0 Å². The lowest BCUT2D eigenvalue weighted by atomic mass is 10.1. The molecule has 0 bridgehead atoms. The van der Waals surface area contributed by atoms with Gasteiger partial charge in [-0.1, -0.05) is 41.4 Å². The van der Waals surface area contributed by atoms with Crippen LogP contribution in [-0.4, -0.2) is 28.0 Å². The molecule has 2 aromatic carbocycles. The van der Waals surface area contributed by atoms with Crippen LogP contribution in [0.15, 0.2) is 42.5 Å². The van der Waals surface area contributed by atoms with Gasteiger partial charge in [0.05, 0.1) is 22.6 Å². The Hall–Kier alpha value is -2.21. The molecular formula is C16H11Cl2N3O2. The summed E-state index contributed by atoms with van der Waals surface area (Å²) in [6.45, 7) is -0.184. The highest BCUT2D eigenvalue weighted by molar-refractivity contribution is 6.36. The largest absolute Gasteiger partial charge is 0.324 e. The van der Waals surface area contributed by atoms with Crippen molar-refractivity contribution in [3.05, 3.63) is 63.8 Å². The fraction of sp³-hybridized carbons (Fsp3) is 0.0625. The Labute approximate surface area is 141 Å². The number of carbonyl (C=O) groups is 2. The first-order chi connectivity index (χ1) is 11.0. The Morgan fingerprint density at radius 1 is 1.13 bits per heavy atom. The molecular weight excluding hydrogens is 337 g/mol. The quantitative estimate of drug-likeness (QED) is 0.738. The molecule has 0 aliphatic carbocycles. The minimum Gasteiger partial charge on any atom is -0.324 e. The van der Waals surface area contributed by atoms with Crippen LogP contribution in [0, 0.1) is 0 Å². The number of halogens is 2. The molecule has 0 radical (unpaired) electrons. The lowest BCUT2D eigenvalue weighted by Crippen LogP contribution is -2.17. The van der Waals surface area contributed by atoms with Crippen molar-refractivity contribution in [1.82, 2.24) is 9.78 Å². The predicted molar refractivity (Wildman–Crippen MR) is 89.3 cm³/mol. The topological polar surface area (TPSA) is 78.0 Å². The maximum Gasteiger partial charge on any atom is 0.280 e. The van der Waals surface area contributed by atoms with Gasteiger partial charge in [-0.2, -0.15) is 9.78 Å². The summed E-state index contributed by atoms with van der Waals surface area (Å²) in [7, 11) is 0. The van der Waals surface area contributed by atoms with E-state index in [1.165, 1.54) is 12.1 Å². The average Bonchev–Trinajstić information content (AvgIpc) is 2.93. The molecule has 0 aliphatic rings. The van der Waals surface area contributed by atoms with Gasteiger partial charge in [-0.25, -0.2) is 0 Å². The summed E-state index contributed by atoms with van der Waals surface area (Å²) in [6.07, 6.45) is 0. The second-order valence-electron chi connectivity index (χ2n) is 4.83. The fourth-order valence-corrected chi connectivity index (χ4v) is 2.79. The minimum atomic E-state index is -0.445. The number of ketones is 1. The second-order valence-corrected chi connectivity index (χ2v) is 5.68. The monoisotopic (exact) mass is 347 g/mol. The zero-order chi connectivity index (χ0) is 16.6. The number of fused-ring (bicyclic) bond motifs is 1. The van der Waals surface area contributed by atoms with Crippen molar-refractivity contribution < 1.29 is 9.59 Å². The zero-order valence-electron chi connectivity index (χ0n) is 11.8. The molecule has 0 saturated carbocycles. The maximum atomic E-state index is 12.7. The normalized spacial score (nSPS) is 10.9. The van der Waals surface area contributed by atoms with Gasteiger partial charge in [0.15, 0.2) is 5.78 Å². The van der Waals surface area contributed by atoms with E-state index in [4.69, 9.17) is 28.9 Å². The Morgan fingerprint density at radius 2 is 1.87 bits per heavy atom. The van der Waals surface area contributed by atoms with Gasteiger partial charge in [0.25, 0.3) is 5.91 Å². The highest BCUT2D eigenvalue weighted by atomic mass is 35.5. The molecule has 1 heterocycles. The smallest absolute Gasteiger partial charge is 0.280 e. The summed E-state index contributed by atoms with van der Waals surface area (Å²) in [6, 6.07) is 11.5. The van der Waals surface area contributed by atoms with Crippen LogP contribution >= 0.6 is 23.2 Å². The molecule has 23 heavy (non-hydrogen) atoms. The van der Waals surface area contributed by atoms with E-state index in [1.807, 2.05) is 0 Å². The third-order valence-corrected chi connectivity index (χ3v) is 3.94. The van der Waals surface area contributed by atoms with E-state index in [-0.39, 0.29) is 28.6 Å². The number of benzene rings is 2. The number of aromatic nitrogens is 2. The number of nitrogens with zero attached hydrogens (tertiary/aromatic N) is 2. The highest BCUT2D eigenvalue weighted by Crippen LogP contribution is 2.24. The molecule has 7 heteroatoms. The third kappa shape index (κ3) is 2.74. The molecule has 0 atom stereocenters. The van der Waals surface area contributed by atoms with Crippen molar-refractivity contribution in [3.8, 4) is 0 Å². The van der Waals surface area contributed by atoms with Crippen LogP contribution in [0.2, 0.25) is 10.0 Å². The first kappa shape index (κ1) is 15.7. The minimum absolute atomic E-state index is 0.168. The third-order valence-electron chi connectivity index (χ3n) is 3.39. The van der Waals surface area contributed by atoms with Crippen LogP contribution in [0.5, 0.6) is 0 Å². The number of carbonyl (C=O) groups excluding carboxylic acids is 2. The first-order valence-corrected chi connectivity index (χ1v) is 7.49. The van der Waals surface area contributed by atoms with Crippen LogP contribution in [-0.2, 0) is 0 Å². The predicted octanol–water partition coefficient (Wildman–Crippen LogP) is 3.17. The zero-order valence-corrected chi connectivity index (χ0v) is 13.3. The number of para-hydroxylation sites is 1. The summed E-state index contributed by atoms with van der Waals surface area (Å²) in [5, 5.41) is 5.36. The van der Waals surface area contributed by atoms with Gasteiger partial charge in [-0.15, -0.1) is 0 Å². The lowest BCUT2D eigenvalue weighted by molar-refractivity contribution is 0.0948. The molecule has 1 aromatic heterocycles. The molecule has 0 fully saturated rings. The maximum absolute atomic E-state index is 12.7. The van der Waals surface area contributed by atoms with Crippen LogP contribution in [0.1, 0.15) is 20.8 Å². The summed E-state index contributed by atoms with van der Waals surface area (Å²) in [5.74, 6) is -0.783. The van der Waals surface area contributed by atoms with E-state index in [1.54, 1.807) is 30.3 Å². The fourth-order valence-electron chi connectivity index (χ4n) is 2.30. The SMILES string of the molecule is NCC(=O)c1nn(C(=O)c2ccc(Cl)cc2Cl)c2ccccc12. The molecule has 0 saturated heterocycles. The molecule has 0 spiro atoms. The number of rotatable bonds is 3. The van der Waals surface area contributed by atoms with Crippen molar-refractivity contribution in [2.75, 3.05) is 6.54 Å². The Kier molecular flexibility index (Phi) is 4.17. The average molecular weight is 348 g/mol. The van der Waals surface area contributed by atoms with Gasteiger partial charge in [0, 0.05) is 10.4 Å². The van der Waals surface area contributed by atoms with Crippen molar-refractivity contribution in [3.63, 3.8) is 0 Å². The van der Waals surface area contributed by atoms with Crippen molar-refractivity contribution >= 4 is 45.8 Å². The van der Waals surface area contributed by atoms with Crippen molar-refractivity contribution in [1.29, 1.82) is 0 Å². The summed E-state index contributed by atoms with van der Waals surface area (Å²) >= 11 is 11.9. The van der Waals surface area contributed by atoms with E-state index < -0.39 is 5.91 Å². The summed E-state index contributed by atoms with van der Waals surface area (Å²) < 4.78 is 1.16. The van der Waals surface area contributed by atoms with Crippen LogP contribution < -0.4 is 5.73 Å². The first-order valence-electron chi connectivity index (χ1n) is 6.73. The molecule has 116 valence electrons. The molecule has 5 nitrogen and oxygen atoms in total. The molecule has 3 aromatic rings. The van der Waals surface area contributed by atoms with E-state index in [2.05, 4.69) is 5.10 Å². The molecule has 2 N–H and O–H groups in total. The van der Waals surface area contributed by atoms with Gasteiger partial charge in [0.2, 0.25) is 0 Å². The van der Waals surface area contributed by atoms with Gasteiger partial charge in [-0.3, -0.25) is 9.59 Å². The van der Waals surface area contributed by atoms with Gasteiger partial charge in [-0.05, 0) is 24.3 Å². The van der Waals surface area contributed by atoms with Crippen LogP contribution in [0.3, 0.4) is 0 Å². The number of nitrogens with two attached hydrogens (primary N) is 1. The molecule has 3 rings (SSSR count). The Bertz CT molecular complexity index is 934. The summed E-state index contributed by atoms with van der Waals surface area (Å²) in [5.41, 5.74) is 6.34. The lowest BCUT2D eigenvalue weighted by Gasteiger charge is -2.05. The molecule has 0 unspecified atom stereocenters. The second kappa shape index (κ2) is 6.12. The molecule has 0 aliphatic heterocycles. The van der Waals surface area contributed by atoms with Gasteiger partial charge >= 0.3 is 0 Å².